The number of hydrazine groups is 2. The first kappa shape index (κ1) is 8.67. The predicted octanol–water partition coefficient (Wildman–Crippen LogP) is 0.201. The molecule has 6 N–H and O–H groups in total. The van der Waals surface area contributed by atoms with Gasteiger partial charge in [0.25, 0.3) is 0 Å². The average molecular weight is 190 g/mol. The highest BCUT2D eigenvalue weighted by molar-refractivity contribution is 5.78. The molecule has 0 aliphatic heterocycles. The van der Waals surface area contributed by atoms with Crippen molar-refractivity contribution < 1.29 is 0 Å². The molecule has 2 heterocycles. The third-order valence-corrected chi connectivity index (χ3v) is 1.85. The number of rotatable bonds is 2. The monoisotopic (exact) mass is 190 g/mol. The zero-order valence-corrected chi connectivity index (χ0v) is 7.36. The van der Waals surface area contributed by atoms with E-state index in [1.54, 1.807) is 12.1 Å². The number of hydrogen-bond acceptors (Lipinski definition) is 6. The van der Waals surface area contributed by atoms with Crippen molar-refractivity contribution in [2.75, 3.05) is 10.9 Å². The molecule has 14 heavy (non-hydrogen) atoms. The quantitative estimate of drug-likeness (QED) is 0.398. The molecule has 0 unspecified atom stereocenters. The molecule has 0 amide bonds. The highest BCUT2D eigenvalue weighted by Gasteiger charge is 1.99. The minimum Gasteiger partial charge on any atom is -0.308 e. The largest absolute Gasteiger partial charge is 0.308 e. The van der Waals surface area contributed by atoms with Crippen LogP contribution < -0.4 is 22.5 Å². The van der Waals surface area contributed by atoms with Crippen LogP contribution in [0.3, 0.4) is 0 Å². The minimum atomic E-state index is 0.569. The summed E-state index contributed by atoms with van der Waals surface area (Å²) < 4.78 is 0. The molecular weight excluding hydrogens is 180 g/mol. The summed E-state index contributed by atoms with van der Waals surface area (Å²) in [5, 5.41) is 0.933. The van der Waals surface area contributed by atoms with Gasteiger partial charge in [-0.15, -0.1) is 0 Å². The van der Waals surface area contributed by atoms with Gasteiger partial charge in [-0.25, -0.2) is 21.7 Å². The zero-order valence-electron chi connectivity index (χ0n) is 7.36. The topological polar surface area (TPSA) is 102 Å². The van der Waals surface area contributed by atoms with Crippen molar-refractivity contribution in [1.29, 1.82) is 0 Å². The van der Waals surface area contributed by atoms with Gasteiger partial charge >= 0.3 is 0 Å². The van der Waals surface area contributed by atoms with E-state index in [2.05, 4.69) is 20.8 Å². The number of hydrogen-bond donors (Lipinski definition) is 4. The van der Waals surface area contributed by atoms with Gasteiger partial charge in [-0.3, -0.25) is 0 Å². The van der Waals surface area contributed by atoms with Crippen LogP contribution in [0.25, 0.3) is 11.0 Å². The Bertz CT molecular complexity index is 416. The molecule has 0 bridgehead atoms. The van der Waals surface area contributed by atoms with E-state index in [1.807, 2.05) is 12.1 Å². The Labute approximate surface area is 80.3 Å². The average Bonchev–Trinajstić information content (AvgIpc) is 2.27. The lowest BCUT2D eigenvalue weighted by Gasteiger charge is -2.03. The van der Waals surface area contributed by atoms with Gasteiger partial charge in [0.05, 0.1) is 0 Å². The molecule has 0 atom stereocenters. The fourth-order valence-electron chi connectivity index (χ4n) is 1.16. The molecule has 0 aliphatic carbocycles. The standard InChI is InChI=1S/C8H10N6/c9-13-6-3-1-5-2-4-7(14-10)12-8(5)11-6/h1-4H,9-10H2,(H2,11,12,13,14). The Morgan fingerprint density at radius 2 is 1.36 bits per heavy atom. The number of anilines is 2. The van der Waals surface area contributed by atoms with Crippen molar-refractivity contribution in [2.45, 2.75) is 0 Å². The van der Waals surface area contributed by atoms with E-state index in [1.165, 1.54) is 0 Å². The van der Waals surface area contributed by atoms with Crippen LogP contribution >= 0.6 is 0 Å². The van der Waals surface area contributed by atoms with Gasteiger partial charge in [-0.1, -0.05) is 0 Å². The summed E-state index contributed by atoms with van der Waals surface area (Å²) in [6.07, 6.45) is 0. The van der Waals surface area contributed by atoms with Gasteiger partial charge in [0.2, 0.25) is 0 Å². The van der Waals surface area contributed by atoms with Crippen molar-refractivity contribution in [3.8, 4) is 0 Å². The normalized spacial score (nSPS) is 10.1. The maximum absolute atomic E-state index is 5.23. The SMILES string of the molecule is NNc1ccc2ccc(NN)nc2n1. The van der Waals surface area contributed by atoms with Crippen LogP contribution in [0.5, 0.6) is 0 Å². The molecule has 0 spiro atoms. The number of aromatic nitrogens is 2. The van der Waals surface area contributed by atoms with Crippen LogP contribution in [0, 0.1) is 0 Å². The Balaban J connectivity index is 2.60. The van der Waals surface area contributed by atoms with Gasteiger partial charge in [0, 0.05) is 5.39 Å². The summed E-state index contributed by atoms with van der Waals surface area (Å²) in [6.45, 7) is 0. The van der Waals surface area contributed by atoms with Gasteiger partial charge in [0.1, 0.15) is 11.6 Å². The van der Waals surface area contributed by atoms with Crippen LogP contribution in [0.1, 0.15) is 0 Å². The molecule has 6 nitrogen and oxygen atoms in total. The highest BCUT2D eigenvalue weighted by Crippen LogP contribution is 2.14. The molecule has 0 radical (unpaired) electrons. The van der Waals surface area contributed by atoms with Crippen molar-refractivity contribution in [2.24, 2.45) is 11.7 Å². The smallest absolute Gasteiger partial charge is 0.163 e. The molecule has 6 heteroatoms. The Kier molecular flexibility index (Phi) is 2.13. The fraction of sp³-hybridized carbons (Fsp3) is 0. The Morgan fingerprint density at radius 3 is 1.79 bits per heavy atom. The van der Waals surface area contributed by atoms with Gasteiger partial charge in [-0.2, -0.15) is 0 Å². The number of pyridine rings is 2. The minimum absolute atomic E-state index is 0.569. The van der Waals surface area contributed by atoms with E-state index in [0.717, 1.165) is 5.39 Å². The first-order valence-corrected chi connectivity index (χ1v) is 4.04. The van der Waals surface area contributed by atoms with E-state index in [4.69, 9.17) is 11.7 Å². The van der Waals surface area contributed by atoms with E-state index in [0.29, 0.717) is 17.3 Å². The number of fused-ring (bicyclic) bond motifs is 1. The molecule has 0 aromatic carbocycles. The lowest BCUT2D eigenvalue weighted by molar-refractivity contribution is 1.20. The van der Waals surface area contributed by atoms with Gasteiger partial charge in [-0.05, 0) is 24.3 Å². The summed E-state index contributed by atoms with van der Waals surface area (Å²) >= 11 is 0. The lowest BCUT2D eigenvalue weighted by Crippen LogP contribution is -2.10. The van der Waals surface area contributed by atoms with E-state index in [9.17, 15) is 0 Å². The highest BCUT2D eigenvalue weighted by atomic mass is 15.3. The number of nitrogens with two attached hydrogens (primary N) is 2. The van der Waals surface area contributed by atoms with Crippen molar-refractivity contribution in [1.82, 2.24) is 9.97 Å². The van der Waals surface area contributed by atoms with E-state index in [-0.39, 0.29) is 0 Å². The van der Waals surface area contributed by atoms with E-state index >= 15 is 0 Å². The number of nitrogen functional groups attached to an aromatic ring is 2. The molecule has 2 rings (SSSR count). The molecule has 72 valence electrons. The Hall–Kier alpha value is -1.92. The van der Waals surface area contributed by atoms with Crippen LogP contribution in [-0.4, -0.2) is 9.97 Å². The third-order valence-electron chi connectivity index (χ3n) is 1.85. The van der Waals surface area contributed by atoms with Gasteiger partial charge in [0.15, 0.2) is 5.65 Å². The summed E-state index contributed by atoms with van der Waals surface area (Å²) in [5.41, 5.74) is 5.50. The van der Waals surface area contributed by atoms with Crippen LogP contribution in [0.2, 0.25) is 0 Å². The molecule has 0 saturated carbocycles. The molecule has 2 aromatic rings. The maximum atomic E-state index is 5.23. The second kappa shape index (κ2) is 3.44. The summed E-state index contributed by atoms with van der Waals surface area (Å²) in [5.74, 6) is 11.6. The molecular formula is C8H10N6. The first-order valence-electron chi connectivity index (χ1n) is 4.04. The fourth-order valence-corrected chi connectivity index (χ4v) is 1.16. The summed E-state index contributed by atoms with van der Waals surface area (Å²) in [7, 11) is 0. The molecule has 2 aromatic heterocycles. The lowest BCUT2D eigenvalue weighted by atomic mass is 10.3. The maximum Gasteiger partial charge on any atom is 0.163 e. The third kappa shape index (κ3) is 1.43. The van der Waals surface area contributed by atoms with Crippen molar-refractivity contribution in [3.05, 3.63) is 24.3 Å². The second-order valence-electron chi connectivity index (χ2n) is 2.73. The summed E-state index contributed by atoms with van der Waals surface area (Å²) in [6, 6.07) is 7.31. The second-order valence-corrected chi connectivity index (χ2v) is 2.73. The van der Waals surface area contributed by atoms with Gasteiger partial charge < -0.3 is 10.9 Å². The van der Waals surface area contributed by atoms with Crippen LogP contribution in [0.15, 0.2) is 24.3 Å². The molecule has 0 saturated heterocycles. The number of nitrogens with zero attached hydrogens (tertiary/aromatic N) is 2. The molecule has 0 aliphatic rings. The predicted molar refractivity (Wildman–Crippen MR) is 55.2 cm³/mol. The summed E-state index contributed by atoms with van der Waals surface area (Å²) in [4.78, 5) is 8.32. The van der Waals surface area contributed by atoms with Crippen LogP contribution in [0.4, 0.5) is 11.6 Å². The zero-order chi connectivity index (χ0) is 9.97. The molecule has 0 fully saturated rings. The van der Waals surface area contributed by atoms with Crippen molar-refractivity contribution >= 4 is 22.7 Å². The van der Waals surface area contributed by atoms with Crippen molar-refractivity contribution in [3.63, 3.8) is 0 Å². The Morgan fingerprint density at radius 1 is 0.857 bits per heavy atom. The van der Waals surface area contributed by atoms with Crippen LogP contribution in [-0.2, 0) is 0 Å². The first-order chi connectivity index (χ1) is 6.83. The number of nitrogens with one attached hydrogen (secondary N) is 2. The van der Waals surface area contributed by atoms with E-state index < -0.39 is 0 Å².